The van der Waals surface area contributed by atoms with E-state index in [1.165, 1.54) is 0 Å². The highest BCUT2D eigenvalue weighted by Crippen LogP contribution is 2.24. The smallest absolute Gasteiger partial charge is 0.238 e. The van der Waals surface area contributed by atoms with Crippen molar-refractivity contribution in [1.82, 2.24) is 15.0 Å². The second-order valence-electron chi connectivity index (χ2n) is 6.95. The third-order valence-electron chi connectivity index (χ3n) is 4.45. The molecule has 1 unspecified atom stereocenters. The molecule has 0 fully saturated rings. The molecule has 1 amide bonds. The van der Waals surface area contributed by atoms with Crippen LogP contribution in [0, 0.1) is 13.8 Å². The van der Waals surface area contributed by atoms with E-state index in [9.17, 15) is 13.2 Å². The first-order valence-electron chi connectivity index (χ1n) is 9.70. The standard InChI is InChI=1S/C21H29N3O4S2/c1-5-30(26,27)24-18(10-11-29-4)21(25)23-14-17-8-9-20(22-13-17)28-19-12-15(2)6-7-16(19)3/h6-9,12-13,18,24H,5,10-11,14H2,1-4H3,(H,23,25). The van der Waals surface area contributed by atoms with Crippen LogP contribution in [0.1, 0.15) is 30.0 Å². The number of carbonyl (C=O) groups is 1. The van der Waals surface area contributed by atoms with Gasteiger partial charge in [0.25, 0.3) is 0 Å². The molecule has 2 rings (SSSR count). The molecule has 1 aromatic carbocycles. The number of aromatic nitrogens is 1. The molecule has 0 saturated heterocycles. The summed E-state index contributed by atoms with van der Waals surface area (Å²) in [5, 5.41) is 2.78. The molecule has 2 N–H and O–H groups in total. The zero-order valence-electron chi connectivity index (χ0n) is 17.8. The maximum atomic E-state index is 12.5. The fourth-order valence-electron chi connectivity index (χ4n) is 2.60. The van der Waals surface area contributed by atoms with Crippen molar-refractivity contribution in [1.29, 1.82) is 0 Å². The summed E-state index contributed by atoms with van der Waals surface area (Å²) in [6, 6.07) is 8.75. The van der Waals surface area contributed by atoms with Crippen molar-refractivity contribution >= 4 is 27.7 Å². The number of carbonyl (C=O) groups excluding carboxylic acids is 1. The minimum absolute atomic E-state index is 0.0676. The number of thioether (sulfide) groups is 1. The molecule has 30 heavy (non-hydrogen) atoms. The molecule has 1 aromatic heterocycles. The van der Waals surface area contributed by atoms with Gasteiger partial charge in [0.1, 0.15) is 11.8 Å². The number of aryl methyl sites for hydroxylation is 2. The van der Waals surface area contributed by atoms with Gasteiger partial charge in [0, 0.05) is 18.8 Å². The molecule has 164 valence electrons. The Bertz CT molecular complexity index is 947. The number of ether oxygens (including phenoxy) is 1. The predicted octanol–water partition coefficient (Wildman–Crippen LogP) is 3.17. The average molecular weight is 452 g/mol. The topological polar surface area (TPSA) is 97.4 Å². The first kappa shape index (κ1) is 24.2. The van der Waals surface area contributed by atoms with Gasteiger partial charge in [-0.3, -0.25) is 4.79 Å². The summed E-state index contributed by atoms with van der Waals surface area (Å²) in [5.41, 5.74) is 2.91. The Hall–Kier alpha value is -2.10. The van der Waals surface area contributed by atoms with E-state index in [2.05, 4.69) is 15.0 Å². The van der Waals surface area contributed by atoms with Gasteiger partial charge in [-0.2, -0.15) is 11.8 Å². The second-order valence-corrected chi connectivity index (χ2v) is 9.98. The van der Waals surface area contributed by atoms with Crippen LogP contribution < -0.4 is 14.8 Å². The maximum absolute atomic E-state index is 12.5. The summed E-state index contributed by atoms with van der Waals surface area (Å²) in [7, 11) is -3.47. The summed E-state index contributed by atoms with van der Waals surface area (Å²) < 4.78 is 32.0. The molecule has 7 nitrogen and oxygen atoms in total. The van der Waals surface area contributed by atoms with Crippen LogP contribution in [0.25, 0.3) is 0 Å². The van der Waals surface area contributed by atoms with Gasteiger partial charge in [0.2, 0.25) is 21.8 Å². The van der Waals surface area contributed by atoms with Gasteiger partial charge in [-0.15, -0.1) is 0 Å². The number of pyridine rings is 1. The largest absolute Gasteiger partial charge is 0.439 e. The summed E-state index contributed by atoms with van der Waals surface area (Å²) >= 11 is 1.56. The Labute approximate surface area is 183 Å². The van der Waals surface area contributed by atoms with Crippen molar-refractivity contribution in [3.05, 3.63) is 53.2 Å². The monoisotopic (exact) mass is 451 g/mol. The van der Waals surface area contributed by atoms with Crippen LogP contribution in [0.4, 0.5) is 0 Å². The van der Waals surface area contributed by atoms with E-state index in [0.29, 0.717) is 18.1 Å². The molecule has 0 aliphatic heterocycles. The van der Waals surface area contributed by atoms with E-state index in [1.807, 2.05) is 44.4 Å². The highest BCUT2D eigenvalue weighted by atomic mass is 32.2. The van der Waals surface area contributed by atoms with Gasteiger partial charge in [0.15, 0.2) is 0 Å². The average Bonchev–Trinajstić information content (AvgIpc) is 2.73. The van der Waals surface area contributed by atoms with Crippen molar-refractivity contribution in [2.45, 2.75) is 39.8 Å². The highest BCUT2D eigenvalue weighted by Gasteiger charge is 2.22. The quantitative estimate of drug-likeness (QED) is 0.545. The molecule has 0 saturated carbocycles. The van der Waals surface area contributed by atoms with Crippen molar-refractivity contribution in [2.75, 3.05) is 17.8 Å². The number of sulfonamides is 1. The van der Waals surface area contributed by atoms with E-state index >= 15 is 0 Å². The van der Waals surface area contributed by atoms with Crippen LogP contribution in [0.5, 0.6) is 11.6 Å². The van der Waals surface area contributed by atoms with E-state index in [4.69, 9.17) is 4.74 Å². The number of rotatable bonds is 11. The molecule has 0 bridgehead atoms. The lowest BCUT2D eigenvalue weighted by Crippen LogP contribution is -2.47. The molecular formula is C21H29N3O4S2. The Balaban J connectivity index is 1.97. The number of nitrogens with zero attached hydrogens (tertiary/aromatic N) is 1. The summed E-state index contributed by atoms with van der Waals surface area (Å²) in [4.78, 5) is 16.8. The number of hydrogen-bond acceptors (Lipinski definition) is 6. The normalized spacial score (nSPS) is 12.4. The third-order valence-corrected chi connectivity index (χ3v) is 6.50. The Morgan fingerprint density at radius 2 is 2.00 bits per heavy atom. The van der Waals surface area contributed by atoms with Crippen molar-refractivity contribution in [3.63, 3.8) is 0 Å². The predicted molar refractivity (Wildman–Crippen MR) is 121 cm³/mol. The molecule has 0 aliphatic carbocycles. The lowest BCUT2D eigenvalue weighted by Gasteiger charge is -2.17. The molecule has 0 aliphatic rings. The Morgan fingerprint density at radius 3 is 2.63 bits per heavy atom. The maximum Gasteiger partial charge on any atom is 0.238 e. The third kappa shape index (κ3) is 7.62. The van der Waals surface area contributed by atoms with Gasteiger partial charge >= 0.3 is 0 Å². The lowest BCUT2D eigenvalue weighted by atomic mass is 10.1. The SMILES string of the molecule is CCS(=O)(=O)NC(CCSC)C(=O)NCc1ccc(Oc2cc(C)ccc2C)nc1. The Morgan fingerprint density at radius 1 is 1.23 bits per heavy atom. The van der Waals surface area contributed by atoms with Crippen molar-refractivity contribution in [3.8, 4) is 11.6 Å². The van der Waals surface area contributed by atoms with Crippen LogP contribution in [-0.2, 0) is 21.4 Å². The molecule has 1 atom stereocenters. The molecule has 0 radical (unpaired) electrons. The van der Waals surface area contributed by atoms with Gasteiger partial charge in [-0.25, -0.2) is 18.1 Å². The lowest BCUT2D eigenvalue weighted by molar-refractivity contribution is -0.122. The zero-order valence-corrected chi connectivity index (χ0v) is 19.4. The van der Waals surface area contributed by atoms with Crippen LogP contribution >= 0.6 is 11.8 Å². The number of amides is 1. The highest BCUT2D eigenvalue weighted by molar-refractivity contribution is 7.98. The molecular weight excluding hydrogens is 422 g/mol. The van der Waals surface area contributed by atoms with Crippen LogP contribution in [-0.4, -0.2) is 43.1 Å². The minimum Gasteiger partial charge on any atom is -0.439 e. The van der Waals surface area contributed by atoms with Gasteiger partial charge in [-0.1, -0.05) is 18.2 Å². The fraction of sp³-hybridized carbons (Fsp3) is 0.429. The van der Waals surface area contributed by atoms with Crippen LogP contribution in [0.2, 0.25) is 0 Å². The van der Waals surface area contributed by atoms with Gasteiger partial charge < -0.3 is 10.1 Å². The molecule has 0 spiro atoms. The Kier molecular flexibility index (Phi) is 9.13. The summed E-state index contributed by atoms with van der Waals surface area (Å²) in [6.07, 6.45) is 3.97. The van der Waals surface area contributed by atoms with E-state index in [-0.39, 0.29) is 18.2 Å². The van der Waals surface area contributed by atoms with Crippen molar-refractivity contribution in [2.24, 2.45) is 0 Å². The number of nitrogens with one attached hydrogen (secondary N) is 2. The molecule has 2 aromatic rings. The fourth-order valence-corrected chi connectivity index (χ4v) is 3.89. The first-order chi connectivity index (χ1) is 14.2. The van der Waals surface area contributed by atoms with E-state index in [0.717, 1.165) is 22.4 Å². The summed E-state index contributed by atoms with van der Waals surface area (Å²) in [6.45, 7) is 5.76. The minimum atomic E-state index is -3.47. The second kappa shape index (κ2) is 11.3. The van der Waals surface area contributed by atoms with Crippen LogP contribution in [0.3, 0.4) is 0 Å². The van der Waals surface area contributed by atoms with E-state index in [1.54, 1.807) is 30.9 Å². The number of hydrogen-bond donors (Lipinski definition) is 2. The van der Waals surface area contributed by atoms with Crippen LogP contribution in [0.15, 0.2) is 36.5 Å². The molecule has 1 heterocycles. The molecule has 9 heteroatoms. The van der Waals surface area contributed by atoms with Crippen molar-refractivity contribution < 1.29 is 17.9 Å². The number of benzene rings is 1. The van der Waals surface area contributed by atoms with Gasteiger partial charge in [-0.05, 0) is 62.0 Å². The first-order valence-corrected chi connectivity index (χ1v) is 12.8. The zero-order chi connectivity index (χ0) is 22.1. The van der Waals surface area contributed by atoms with Gasteiger partial charge in [0.05, 0.1) is 5.75 Å². The van der Waals surface area contributed by atoms with E-state index < -0.39 is 16.1 Å². The summed E-state index contributed by atoms with van der Waals surface area (Å²) in [5.74, 6) is 1.48.